The molecule has 1 aliphatic heterocycles. The average molecular weight is 1220 g/mol. The third-order valence-electron chi connectivity index (χ3n) is 15.0. The lowest BCUT2D eigenvalue weighted by Crippen LogP contribution is -2.55. The molecule has 24 heteroatoms. The van der Waals surface area contributed by atoms with E-state index in [2.05, 4.69) is 20.8 Å². The van der Waals surface area contributed by atoms with Crippen molar-refractivity contribution in [3.63, 3.8) is 0 Å². The molecule has 0 radical (unpaired) electrons. The molecule has 2 N–H and O–H groups in total. The van der Waals surface area contributed by atoms with E-state index < -0.39 is 96.1 Å². The van der Waals surface area contributed by atoms with Crippen molar-refractivity contribution in [3.8, 4) is 0 Å². The van der Waals surface area contributed by atoms with Gasteiger partial charge in [0.1, 0.15) is 24.2 Å². The van der Waals surface area contributed by atoms with Gasteiger partial charge in [-0.2, -0.15) is 10.2 Å². The number of rotatable bonds is 18. The van der Waals surface area contributed by atoms with Gasteiger partial charge >= 0.3 is 23.9 Å². The minimum absolute atomic E-state index is 0.0477. The number of ether oxygens (including phenoxy) is 4. The van der Waals surface area contributed by atoms with Gasteiger partial charge in [-0.3, -0.25) is 38.1 Å². The summed E-state index contributed by atoms with van der Waals surface area (Å²) in [6.07, 6.45) is -0.0108. The van der Waals surface area contributed by atoms with Gasteiger partial charge in [-0.05, 0) is 85.5 Å². The molecule has 1 aliphatic rings. The number of aromatic nitrogens is 4. The zero-order valence-electron chi connectivity index (χ0n) is 53.8. The molecule has 0 bridgehead atoms. The lowest BCUT2D eigenvalue weighted by atomic mass is 9.99. The SMILES string of the molecule is CC(=O)Nc1cnn(Cc2ccc(C[C@H]3OC(=O)[C@H](CC(C)C)N(C)C(=O)[C@@H](C)OC(=O)[C@H](CC(C)C)N(C)C(=O)[C@@H](Cc4ccc(Cn5cc(NC(C)=O)cn5)cc4)OC(=O)[C@H](CC(C)C)N(C)C(=O)[C@@H](C)OC(=O)[C@H](CC(C)C)N(C)C3=O)cc2)c1. The second kappa shape index (κ2) is 32.0. The monoisotopic (exact) mass is 1220 g/mol. The second-order valence-corrected chi connectivity index (χ2v) is 24.6. The number of esters is 4. The van der Waals surface area contributed by atoms with Gasteiger partial charge < -0.3 is 49.2 Å². The summed E-state index contributed by atoms with van der Waals surface area (Å²) in [5.74, 6) is -8.35. The van der Waals surface area contributed by atoms with Gasteiger partial charge in [-0.15, -0.1) is 0 Å². The number of carbonyl (C=O) groups excluding carboxylic acids is 10. The fraction of sp³-hybridized carbons (Fsp3) is 0.562. The van der Waals surface area contributed by atoms with E-state index in [1.807, 2.05) is 55.4 Å². The third kappa shape index (κ3) is 20.3. The maximum Gasteiger partial charge on any atom is 0.329 e. The predicted octanol–water partition coefficient (Wildman–Crippen LogP) is 6.07. The molecule has 8 atom stereocenters. The number of amides is 6. The van der Waals surface area contributed by atoms with Gasteiger partial charge in [0.05, 0.1) is 36.9 Å². The summed E-state index contributed by atoms with van der Waals surface area (Å²) < 4.78 is 27.5. The van der Waals surface area contributed by atoms with Crippen molar-refractivity contribution in [2.75, 3.05) is 38.8 Å². The Hall–Kier alpha value is -8.44. The van der Waals surface area contributed by atoms with E-state index in [4.69, 9.17) is 18.9 Å². The first kappa shape index (κ1) is 70.3. The Balaban J connectivity index is 1.57. The first-order chi connectivity index (χ1) is 41.3. The smallest absolute Gasteiger partial charge is 0.329 e. The first-order valence-electron chi connectivity index (χ1n) is 30.0. The molecule has 4 aromatic rings. The first-order valence-corrected chi connectivity index (χ1v) is 30.0. The van der Waals surface area contributed by atoms with Crippen molar-refractivity contribution in [1.82, 2.24) is 39.2 Å². The van der Waals surface area contributed by atoms with Crippen LogP contribution < -0.4 is 10.6 Å². The number of benzene rings is 2. The molecule has 6 amide bonds. The highest BCUT2D eigenvalue weighted by atomic mass is 16.6. The molecule has 24 nitrogen and oxygen atoms in total. The van der Waals surface area contributed by atoms with E-state index in [0.717, 1.165) is 30.7 Å². The molecular formula is C64H90N10O14. The number of carbonyl (C=O) groups is 10. The maximum atomic E-state index is 15.1. The van der Waals surface area contributed by atoms with Gasteiger partial charge in [0.15, 0.2) is 24.4 Å². The predicted molar refractivity (Wildman–Crippen MR) is 326 cm³/mol. The van der Waals surface area contributed by atoms with Crippen LogP contribution in [0, 0.1) is 23.7 Å². The van der Waals surface area contributed by atoms with Crippen LogP contribution in [0.4, 0.5) is 11.4 Å². The van der Waals surface area contributed by atoms with Crippen LogP contribution in [0.1, 0.15) is 131 Å². The number of likely N-dealkylation sites (N-methyl/N-ethyl adjacent to an activating group) is 4. The Labute approximate surface area is 516 Å². The number of hydrogen-bond acceptors (Lipinski definition) is 16. The lowest BCUT2D eigenvalue weighted by Gasteiger charge is -2.35. The van der Waals surface area contributed by atoms with Crippen LogP contribution >= 0.6 is 0 Å². The normalized spacial score (nSPS) is 22.0. The van der Waals surface area contributed by atoms with Crippen LogP contribution in [0.2, 0.25) is 0 Å². The molecule has 3 heterocycles. The topological polar surface area (TPSA) is 280 Å². The minimum atomic E-state index is -1.59. The highest BCUT2D eigenvalue weighted by Gasteiger charge is 2.43. The molecule has 2 aromatic carbocycles. The summed E-state index contributed by atoms with van der Waals surface area (Å²) in [6, 6.07) is 8.90. The van der Waals surface area contributed by atoms with E-state index in [1.165, 1.54) is 68.3 Å². The van der Waals surface area contributed by atoms with Crippen LogP contribution in [0.25, 0.3) is 0 Å². The molecular weight excluding hydrogens is 1130 g/mol. The Bertz CT molecular complexity index is 2860. The van der Waals surface area contributed by atoms with E-state index in [1.54, 1.807) is 70.3 Å². The number of nitrogens with zero attached hydrogens (tertiary/aromatic N) is 8. The highest BCUT2D eigenvalue weighted by molar-refractivity contribution is 5.95. The fourth-order valence-corrected chi connectivity index (χ4v) is 10.3. The fourth-order valence-electron chi connectivity index (χ4n) is 10.3. The van der Waals surface area contributed by atoms with Gasteiger partial charge in [0.2, 0.25) is 11.8 Å². The summed E-state index contributed by atoms with van der Waals surface area (Å²) in [5, 5.41) is 14.0. The number of nitrogens with one attached hydrogen (secondary N) is 2. The minimum Gasteiger partial charge on any atom is -0.451 e. The van der Waals surface area contributed by atoms with Gasteiger partial charge in [0, 0.05) is 67.3 Å². The summed E-state index contributed by atoms with van der Waals surface area (Å²) in [6.45, 7) is 20.8. The Kier molecular flexibility index (Phi) is 25.6. The summed E-state index contributed by atoms with van der Waals surface area (Å²) in [4.78, 5) is 146. The Morgan fingerprint density at radius 3 is 0.966 bits per heavy atom. The molecule has 0 spiro atoms. The van der Waals surface area contributed by atoms with Crippen molar-refractivity contribution in [1.29, 1.82) is 0 Å². The van der Waals surface area contributed by atoms with Crippen molar-refractivity contribution >= 4 is 70.7 Å². The zero-order valence-corrected chi connectivity index (χ0v) is 53.8. The van der Waals surface area contributed by atoms with Crippen molar-refractivity contribution < 1.29 is 66.9 Å². The van der Waals surface area contributed by atoms with Gasteiger partial charge in [-0.1, -0.05) is 104 Å². The molecule has 5 rings (SSSR count). The van der Waals surface area contributed by atoms with Crippen molar-refractivity contribution in [2.45, 2.75) is 183 Å². The number of anilines is 2. The van der Waals surface area contributed by atoms with Crippen LogP contribution in [0.3, 0.4) is 0 Å². The van der Waals surface area contributed by atoms with Crippen LogP contribution in [0.5, 0.6) is 0 Å². The molecule has 2 aromatic heterocycles. The quantitative estimate of drug-likeness (QED) is 0.0844. The summed E-state index contributed by atoms with van der Waals surface area (Å²) in [7, 11) is 5.47. The van der Waals surface area contributed by atoms with Crippen molar-refractivity contribution in [2.24, 2.45) is 23.7 Å². The van der Waals surface area contributed by atoms with E-state index in [-0.39, 0.29) is 74.0 Å². The summed E-state index contributed by atoms with van der Waals surface area (Å²) in [5.41, 5.74) is 3.78. The molecule has 1 fully saturated rings. The lowest BCUT2D eigenvalue weighted by molar-refractivity contribution is -0.176. The largest absolute Gasteiger partial charge is 0.451 e. The molecule has 1 saturated heterocycles. The van der Waals surface area contributed by atoms with E-state index >= 15 is 9.59 Å². The maximum absolute atomic E-state index is 15.1. The van der Waals surface area contributed by atoms with E-state index in [9.17, 15) is 38.4 Å². The van der Waals surface area contributed by atoms with Gasteiger partial charge in [-0.25, -0.2) is 19.2 Å². The zero-order chi connectivity index (χ0) is 65.4. The van der Waals surface area contributed by atoms with E-state index in [0.29, 0.717) is 35.6 Å². The molecule has 0 aliphatic carbocycles. The average Bonchev–Trinajstić information content (AvgIpc) is 3.24. The highest BCUT2D eigenvalue weighted by Crippen LogP contribution is 2.25. The number of cyclic esters (lactones) is 4. The molecule has 88 heavy (non-hydrogen) atoms. The molecule has 0 unspecified atom stereocenters. The second-order valence-electron chi connectivity index (χ2n) is 24.6. The molecule has 480 valence electrons. The standard InChI is InChI=1S/C64H90N10O14/c1-37(2)25-51-61(81)85-41(9)57(77)69(13)54(28-40(7)8)64(84)88-56(30-46-19-23-48(24-20-46)34-74-36-50(32-66-74)68-44(12)76)60(80)72(16)52(26-38(3)4)62(82)86-42(10)58(78)70(14)53(27-39(5)6)63(83)87-55(59(79)71(51)15)29-45-17-21-47(22-18-45)33-73-35-49(31-65-73)67-43(11)75/h17-24,31-32,35-42,51-56H,25-30,33-34H2,1-16H3,(H,67,75)(H,68,76)/t41-,42-,51+,52+,53+,54+,55-,56-/m1/s1. The Morgan fingerprint density at radius 1 is 0.432 bits per heavy atom. The Morgan fingerprint density at radius 2 is 0.693 bits per heavy atom. The summed E-state index contributed by atoms with van der Waals surface area (Å²) >= 11 is 0. The van der Waals surface area contributed by atoms with Crippen molar-refractivity contribution in [3.05, 3.63) is 95.6 Å². The molecule has 0 saturated carbocycles. The third-order valence-corrected chi connectivity index (χ3v) is 15.0. The van der Waals surface area contributed by atoms with Gasteiger partial charge in [0.25, 0.3) is 23.6 Å². The number of hydrogen-bond donors (Lipinski definition) is 2. The van der Waals surface area contributed by atoms with Crippen LogP contribution in [0.15, 0.2) is 73.3 Å². The van der Waals surface area contributed by atoms with Crippen LogP contribution in [-0.2, 0) is 92.8 Å². The van der Waals surface area contributed by atoms with Crippen LogP contribution in [-0.4, -0.2) is 175 Å².